The summed E-state index contributed by atoms with van der Waals surface area (Å²) >= 11 is 9.48. The number of hydrogen-bond donors (Lipinski definition) is 1. The van der Waals surface area contributed by atoms with Crippen LogP contribution in [0.3, 0.4) is 0 Å². The Hall–Kier alpha value is -1.52. The van der Waals surface area contributed by atoms with Crippen molar-refractivity contribution in [3.8, 4) is 0 Å². The molecule has 3 nitrogen and oxygen atoms in total. The molecular weight excluding hydrogens is 354 g/mol. The van der Waals surface area contributed by atoms with Gasteiger partial charge in [-0.15, -0.1) is 0 Å². The number of aryl methyl sites for hydroxylation is 1. The van der Waals surface area contributed by atoms with Crippen molar-refractivity contribution in [2.75, 3.05) is 12.4 Å². The highest BCUT2D eigenvalue weighted by Gasteiger charge is 2.23. The van der Waals surface area contributed by atoms with Gasteiger partial charge in [-0.25, -0.2) is 4.79 Å². The maximum Gasteiger partial charge on any atom is 0.333 e. The van der Waals surface area contributed by atoms with E-state index in [1.54, 1.807) is 12.1 Å². The third-order valence-electron chi connectivity index (χ3n) is 3.07. The molecule has 0 saturated heterocycles. The van der Waals surface area contributed by atoms with Crippen LogP contribution in [0.25, 0.3) is 0 Å². The van der Waals surface area contributed by atoms with Crippen LogP contribution in [0.2, 0.25) is 5.02 Å². The van der Waals surface area contributed by atoms with Crippen LogP contribution in [0.15, 0.2) is 46.9 Å². The number of benzene rings is 2. The van der Waals surface area contributed by atoms with E-state index in [0.29, 0.717) is 5.02 Å². The van der Waals surface area contributed by atoms with Crippen LogP contribution in [0, 0.1) is 6.92 Å². The van der Waals surface area contributed by atoms with Crippen LogP contribution < -0.4 is 5.32 Å². The Morgan fingerprint density at radius 1 is 1.24 bits per heavy atom. The smallest absolute Gasteiger partial charge is 0.333 e. The van der Waals surface area contributed by atoms with Crippen molar-refractivity contribution < 1.29 is 9.53 Å². The molecule has 0 aromatic heterocycles. The molecular formula is C16H15BrClNO2. The standard InChI is InChI=1S/C16H15BrClNO2/c1-10-3-6-12(7-4-10)19-15(16(20)21-2)13-9-11(18)5-8-14(13)17/h3-9,15,19H,1-2H3. The van der Waals surface area contributed by atoms with Gasteiger partial charge in [0.15, 0.2) is 6.04 Å². The van der Waals surface area contributed by atoms with E-state index in [1.807, 2.05) is 37.3 Å². The summed E-state index contributed by atoms with van der Waals surface area (Å²) in [6.45, 7) is 2.01. The van der Waals surface area contributed by atoms with E-state index in [1.165, 1.54) is 7.11 Å². The maximum atomic E-state index is 12.1. The van der Waals surface area contributed by atoms with E-state index in [9.17, 15) is 4.79 Å². The lowest BCUT2D eigenvalue weighted by Gasteiger charge is -2.19. The molecule has 1 unspecified atom stereocenters. The molecule has 0 heterocycles. The molecule has 0 amide bonds. The minimum atomic E-state index is -0.634. The van der Waals surface area contributed by atoms with Crippen molar-refractivity contribution in [2.45, 2.75) is 13.0 Å². The summed E-state index contributed by atoms with van der Waals surface area (Å²) in [5.74, 6) is -0.376. The van der Waals surface area contributed by atoms with Gasteiger partial charge in [-0.2, -0.15) is 0 Å². The fourth-order valence-corrected chi connectivity index (χ4v) is 2.59. The summed E-state index contributed by atoms with van der Waals surface area (Å²) in [6.07, 6.45) is 0. The maximum absolute atomic E-state index is 12.1. The normalized spacial score (nSPS) is 11.8. The van der Waals surface area contributed by atoms with Gasteiger partial charge in [-0.3, -0.25) is 0 Å². The summed E-state index contributed by atoms with van der Waals surface area (Å²) in [6, 6.07) is 12.5. The molecule has 0 aliphatic rings. The van der Waals surface area contributed by atoms with Crippen molar-refractivity contribution in [1.82, 2.24) is 0 Å². The molecule has 0 aliphatic carbocycles. The molecule has 1 N–H and O–H groups in total. The summed E-state index contributed by atoms with van der Waals surface area (Å²) in [4.78, 5) is 12.1. The van der Waals surface area contributed by atoms with Crippen molar-refractivity contribution in [1.29, 1.82) is 0 Å². The molecule has 2 rings (SSSR count). The molecule has 0 fully saturated rings. The first-order valence-corrected chi connectivity index (χ1v) is 7.54. The Kier molecular flexibility index (Phi) is 5.26. The van der Waals surface area contributed by atoms with Crippen molar-refractivity contribution in [2.24, 2.45) is 0 Å². The van der Waals surface area contributed by atoms with Crippen LogP contribution in [0.4, 0.5) is 5.69 Å². The van der Waals surface area contributed by atoms with E-state index >= 15 is 0 Å². The monoisotopic (exact) mass is 367 g/mol. The number of esters is 1. The Bertz CT molecular complexity index is 643. The van der Waals surface area contributed by atoms with Gasteiger partial charge < -0.3 is 10.1 Å². The van der Waals surface area contributed by atoms with E-state index in [2.05, 4.69) is 21.2 Å². The van der Waals surface area contributed by atoms with Gasteiger partial charge in [0.2, 0.25) is 0 Å². The first kappa shape index (κ1) is 15.9. The predicted molar refractivity (Wildman–Crippen MR) is 88.7 cm³/mol. The lowest BCUT2D eigenvalue weighted by atomic mass is 10.1. The summed E-state index contributed by atoms with van der Waals surface area (Å²) in [5.41, 5.74) is 2.72. The van der Waals surface area contributed by atoms with Gasteiger partial charge in [0, 0.05) is 20.7 Å². The average Bonchev–Trinajstić information content (AvgIpc) is 2.48. The lowest BCUT2D eigenvalue weighted by Crippen LogP contribution is -2.22. The fourth-order valence-electron chi connectivity index (χ4n) is 1.93. The molecule has 2 aromatic rings. The minimum absolute atomic E-state index is 0.376. The number of ether oxygens (including phenoxy) is 1. The number of nitrogens with one attached hydrogen (secondary N) is 1. The Morgan fingerprint density at radius 3 is 2.52 bits per heavy atom. The summed E-state index contributed by atoms with van der Waals surface area (Å²) < 4.78 is 5.69. The Labute approximate surface area is 137 Å². The van der Waals surface area contributed by atoms with Crippen LogP contribution in [0.1, 0.15) is 17.2 Å². The van der Waals surface area contributed by atoms with Crippen molar-refractivity contribution in [3.63, 3.8) is 0 Å². The SMILES string of the molecule is COC(=O)C(Nc1ccc(C)cc1)c1cc(Cl)ccc1Br. The van der Waals surface area contributed by atoms with Crippen molar-refractivity contribution in [3.05, 3.63) is 63.1 Å². The fraction of sp³-hybridized carbons (Fsp3) is 0.188. The number of rotatable bonds is 4. The highest BCUT2D eigenvalue weighted by Crippen LogP contribution is 2.30. The van der Waals surface area contributed by atoms with E-state index in [0.717, 1.165) is 21.3 Å². The molecule has 0 aliphatic heterocycles. The number of halogens is 2. The van der Waals surface area contributed by atoms with Gasteiger partial charge in [0.25, 0.3) is 0 Å². The minimum Gasteiger partial charge on any atom is -0.467 e. The Morgan fingerprint density at radius 2 is 1.90 bits per heavy atom. The molecule has 2 aromatic carbocycles. The molecule has 21 heavy (non-hydrogen) atoms. The molecule has 110 valence electrons. The second kappa shape index (κ2) is 6.96. The highest BCUT2D eigenvalue weighted by atomic mass is 79.9. The number of methoxy groups -OCH3 is 1. The van der Waals surface area contributed by atoms with Crippen molar-refractivity contribution >= 4 is 39.2 Å². The van der Waals surface area contributed by atoms with Gasteiger partial charge in [0.05, 0.1) is 7.11 Å². The summed E-state index contributed by atoms with van der Waals surface area (Å²) in [7, 11) is 1.37. The lowest BCUT2D eigenvalue weighted by molar-refractivity contribution is -0.141. The molecule has 0 spiro atoms. The largest absolute Gasteiger partial charge is 0.467 e. The average molecular weight is 369 g/mol. The molecule has 0 radical (unpaired) electrons. The Balaban J connectivity index is 2.36. The molecule has 0 saturated carbocycles. The topological polar surface area (TPSA) is 38.3 Å². The van der Waals surface area contributed by atoms with E-state index < -0.39 is 6.04 Å². The second-order valence-electron chi connectivity index (χ2n) is 4.63. The quantitative estimate of drug-likeness (QED) is 0.792. The van der Waals surface area contributed by atoms with Gasteiger partial charge in [0.1, 0.15) is 0 Å². The van der Waals surface area contributed by atoms with Gasteiger partial charge in [-0.05, 0) is 37.3 Å². The number of hydrogen-bond acceptors (Lipinski definition) is 3. The van der Waals surface area contributed by atoms with E-state index in [4.69, 9.17) is 16.3 Å². The van der Waals surface area contributed by atoms with Crippen LogP contribution in [-0.2, 0) is 9.53 Å². The van der Waals surface area contributed by atoms with Crippen LogP contribution in [-0.4, -0.2) is 13.1 Å². The number of anilines is 1. The highest BCUT2D eigenvalue weighted by molar-refractivity contribution is 9.10. The second-order valence-corrected chi connectivity index (χ2v) is 5.92. The van der Waals surface area contributed by atoms with Gasteiger partial charge >= 0.3 is 5.97 Å². The predicted octanol–water partition coefficient (Wildman–Crippen LogP) is 4.74. The van der Waals surface area contributed by atoms with Crippen LogP contribution >= 0.6 is 27.5 Å². The zero-order valence-corrected chi connectivity index (χ0v) is 14.0. The molecule has 0 bridgehead atoms. The third-order valence-corrected chi connectivity index (χ3v) is 4.03. The molecule has 5 heteroatoms. The van der Waals surface area contributed by atoms with Crippen LogP contribution in [0.5, 0.6) is 0 Å². The first-order chi connectivity index (χ1) is 10.0. The zero-order valence-electron chi connectivity index (χ0n) is 11.7. The molecule has 1 atom stereocenters. The van der Waals surface area contributed by atoms with E-state index in [-0.39, 0.29) is 5.97 Å². The number of carbonyl (C=O) groups excluding carboxylic acids is 1. The summed E-state index contributed by atoms with van der Waals surface area (Å²) in [5, 5.41) is 3.74. The number of carbonyl (C=O) groups is 1. The first-order valence-electron chi connectivity index (χ1n) is 6.37. The third kappa shape index (κ3) is 3.99. The van der Waals surface area contributed by atoms with Gasteiger partial charge in [-0.1, -0.05) is 45.2 Å². The zero-order chi connectivity index (χ0) is 15.4.